The molecule has 35 heavy (non-hydrogen) atoms. The van der Waals surface area contributed by atoms with Gasteiger partial charge in [-0.05, 0) is 53.9 Å². The Morgan fingerprint density at radius 1 is 1.17 bits per heavy atom. The molecule has 1 aliphatic rings. The highest BCUT2D eigenvalue weighted by molar-refractivity contribution is 7.54. The number of amides is 3. The summed E-state index contributed by atoms with van der Waals surface area (Å²) in [5.41, 5.74) is -0.749. The van der Waals surface area contributed by atoms with Crippen LogP contribution in [0.3, 0.4) is 0 Å². The van der Waals surface area contributed by atoms with E-state index >= 15 is 0 Å². The van der Waals surface area contributed by atoms with Crippen molar-refractivity contribution < 1.29 is 42.6 Å². The van der Waals surface area contributed by atoms with Gasteiger partial charge in [0.15, 0.2) is 0 Å². The second kappa shape index (κ2) is 13.2. The topological polar surface area (TPSA) is 161 Å². The first-order chi connectivity index (χ1) is 16.1. The first-order valence-electron chi connectivity index (χ1n) is 11.8. The normalized spacial score (nSPS) is 20.3. The zero-order chi connectivity index (χ0) is 27.0. The number of ether oxygens (including phenoxy) is 1. The Balaban J connectivity index is 2.96. The zero-order valence-electron chi connectivity index (χ0n) is 21.7. The molecule has 202 valence electrons. The second-order valence-corrected chi connectivity index (χ2v) is 11.8. The summed E-state index contributed by atoms with van der Waals surface area (Å²) in [6.07, 6.45) is 0.348. The number of carbonyl (C=O) groups excluding carboxylic acids is 3. The number of hydrogen-bond donors (Lipinski definition) is 3. The van der Waals surface area contributed by atoms with E-state index in [0.717, 1.165) is 13.5 Å². The number of unbranched alkanes of at least 4 members (excludes halogenated alkanes) is 1. The maximum Gasteiger partial charge on any atom is 0.408 e. The highest BCUT2D eigenvalue weighted by Gasteiger charge is 2.42. The summed E-state index contributed by atoms with van der Waals surface area (Å²) in [7, 11) is -2.91. The number of aliphatic carboxylic acids is 1. The van der Waals surface area contributed by atoms with E-state index in [-0.39, 0.29) is 13.0 Å². The van der Waals surface area contributed by atoms with Gasteiger partial charge in [0.05, 0.1) is 0 Å². The van der Waals surface area contributed by atoms with Crippen molar-refractivity contribution in [1.82, 2.24) is 15.5 Å². The summed E-state index contributed by atoms with van der Waals surface area (Å²) < 4.78 is 29.6. The first kappa shape index (κ1) is 30.9. The van der Waals surface area contributed by atoms with Crippen molar-refractivity contribution in [1.29, 1.82) is 0 Å². The number of carboxylic acids is 1. The van der Waals surface area contributed by atoms with Crippen LogP contribution in [-0.2, 0) is 32.7 Å². The lowest BCUT2D eigenvalue weighted by molar-refractivity contribution is -0.151. The Hall–Kier alpha value is -2.17. The van der Waals surface area contributed by atoms with Crippen LogP contribution in [0.4, 0.5) is 4.79 Å². The lowest BCUT2D eigenvalue weighted by atomic mass is 10.2. The molecule has 3 amide bonds. The quantitative estimate of drug-likeness (QED) is 0.328. The number of likely N-dealkylation sites (tertiary alicyclic amines) is 1. The molecule has 0 aromatic heterocycles. The highest BCUT2D eigenvalue weighted by atomic mass is 31.2. The number of carboxylic acid groups (broad SMARTS) is 1. The van der Waals surface area contributed by atoms with Crippen LogP contribution in [0.25, 0.3) is 0 Å². The molecule has 1 rings (SSSR count). The molecule has 1 saturated heterocycles. The Kier molecular flexibility index (Phi) is 11.7. The maximum absolute atomic E-state index is 13.6. The van der Waals surface area contributed by atoms with E-state index in [2.05, 4.69) is 10.6 Å². The standard InChI is InChI=1S/C22H40N3O9P/c1-8-9-12-17(24-18(26)14(2)23-21(30)33-22(4,5)6)35(31,32-7)34-15(3)19(27)25-13-10-11-16(25)20(28)29/h14-17H,8-13H2,1-7H3,(H,23,30)(H,24,26)(H,28,29)/t14-,15-,16-,17?,35?/m0/s1. The van der Waals surface area contributed by atoms with E-state index in [1.54, 1.807) is 20.8 Å². The predicted molar refractivity (Wildman–Crippen MR) is 128 cm³/mol. The number of alkyl carbamates (subject to hydrolysis) is 1. The van der Waals surface area contributed by atoms with Crippen molar-refractivity contribution in [3.63, 3.8) is 0 Å². The second-order valence-electron chi connectivity index (χ2n) is 9.53. The summed E-state index contributed by atoms with van der Waals surface area (Å²) in [5, 5.41) is 14.4. The lowest BCUT2D eigenvalue weighted by Gasteiger charge is -2.31. The average molecular weight is 522 g/mol. The number of nitrogens with zero attached hydrogens (tertiary/aromatic N) is 1. The third-order valence-electron chi connectivity index (χ3n) is 5.38. The SMILES string of the molecule is CCCCC(NC(=O)[C@H](C)NC(=O)OC(C)(C)C)P(=O)(OC)O[C@@H](C)C(=O)N1CCC[C@H]1C(=O)O. The molecule has 1 heterocycles. The van der Waals surface area contributed by atoms with E-state index in [9.17, 15) is 28.8 Å². The number of rotatable bonds is 12. The molecular formula is C22H40N3O9P. The van der Waals surface area contributed by atoms with E-state index in [0.29, 0.717) is 19.3 Å². The van der Waals surface area contributed by atoms with Crippen molar-refractivity contribution in [3.8, 4) is 0 Å². The summed E-state index contributed by atoms with van der Waals surface area (Å²) in [6, 6.07) is -1.98. The average Bonchev–Trinajstić information content (AvgIpc) is 3.24. The third-order valence-corrected chi connectivity index (χ3v) is 7.65. The molecule has 0 bridgehead atoms. The van der Waals surface area contributed by atoms with Gasteiger partial charge in [0.1, 0.15) is 29.6 Å². The van der Waals surface area contributed by atoms with Crippen LogP contribution >= 0.6 is 7.60 Å². The van der Waals surface area contributed by atoms with Crippen molar-refractivity contribution in [2.75, 3.05) is 13.7 Å². The molecule has 3 N–H and O–H groups in total. The van der Waals surface area contributed by atoms with Gasteiger partial charge in [-0.25, -0.2) is 9.59 Å². The molecule has 5 atom stereocenters. The molecule has 0 aliphatic carbocycles. The van der Waals surface area contributed by atoms with E-state index in [4.69, 9.17) is 13.8 Å². The molecule has 1 fully saturated rings. The van der Waals surface area contributed by atoms with E-state index in [1.165, 1.54) is 18.7 Å². The molecule has 12 nitrogen and oxygen atoms in total. The van der Waals surface area contributed by atoms with Gasteiger partial charge in [0.2, 0.25) is 5.91 Å². The Bertz CT molecular complexity index is 814. The third kappa shape index (κ3) is 9.42. The van der Waals surface area contributed by atoms with Gasteiger partial charge >= 0.3 is 19.7 Å². The largest absolute Gasteiger partial charge is 0.480 e. The molecule has 0 aromatic rings. The minimum atomic E-state index is -4.07. The van der Waals surface area contributed by atoms with Crippen LogP contribution in [0.2, 0.25) is 0 Å². The smallest absolute Gasteiger partial charge is 0.408 e. The van der Waals surface area contributed by atoms with Crippen molar-refractivity contribution in [2.45, 2.75) is 103 Å². The van der Waals surface area contributed by atoms with Gasteiger partial charge < -0.3 is 29.9 Å². The van der Waals surface area contributed by atoms with Crippen molar-refractivity contribution >= 4 is 31.5 Å². The van der Waals surface area contributed by atoms with Crippen LogP contribution in [0.1, 0.15) is 73.6 Å². The number of carbonyl (C=O) groups is 4. The minimum absolute atomic E-state index is 0.231. The molecule has 0 spiro atoms. The fraction of sp³-hybridized carbons (Fsp3) is 0.818. The van der Waals surface area contributed by atoms with Crippen molar-refractivity contribution in [2.24, 2.45) is 0 Å². The molecule has 2 unspecified atom stereocenters. The lowest BCUT2D eigenvalue weighted by Crippen LogP contribution is -2.49. The van der Waals surface area contributed by atoms with E-state index < -0.39 is 61.0 Å². The summed E-state index contributed by atoms with van der Waals surface area (Å²) in [4.78, 5) is 50.3. The maximum atomic E-state index is 13.6. The van der Waals surface area contributed by atoms with Crippen LogP contribution in [0.15, 0.2) is 0 Å². The van der Waals surface area contributed by atoms with E-state index in [1.807, 2.05) is 6.92 Å². The molecular weight excluding hydrogens is 481 g/mol. The number of hydrogen-bond acceptors (Lipinski definition) is 8. The van der Waals surface area contributed by atoms with Gasteiger partial charge in [-0.1, -0.05) is 19.8 Å². The van der Waals surface area contributed by atoms with Gasteiger partial charge in [-0.3, -0.25) is 18.7 Å². The molecule has 0 saturated carbocycles. The molecule has 1 aliphatic heterocycles. The van der Waals surface area contributed by atoms with Gasteiger partial charge in [-0.15, -0.1) is 0 Å². The van der Waals surface area contributed by atoms with Crippen LogP contribution in [0, 0.1) is 0 Å². The zero-order valence-corrected chi connectivity index (χ0v) is 22.6. The fourth-order valence-corrected chi connectivity index (χ4v) is 5.38. The first-order valence-corrected chi connectivity index (χ1v) is 13.4. The molecule has 0 aromatic carbocycles. The minimum Gasteiger partial charge on any atom is -0.480 e. The fourth-order valence-electron chi connectivity index (χ4n) is 3.58. The Labute approximate surface area is 207 Å². The molecule has 0 radical (unpaired) electrons. The number of nitrogens with one attached hydrogen (secondary N) is 2. The van der Waals surface area contributed by atoms with Crippen LogP contribution < -0.4 is 10.6 Å². The van der Waals surface area contributed by atoms with Crippen molar-refractivity contribution in [3.05, 3.63) is 0 Å². The Morgan fingerprint density at radius 3 is 2.31 bits per heavy atom. The van der Waals surface area contributed by atoms with Gasteiger partial charge in [0, 0.05) is 13.7 Å². The summed E-state index contributed by atoms with van der Waals surface area (Å²) in [6.45, 7) is 10.0. The van der Waals surface area contributed by atoms with Gasteiger partial charge in [-0.2, -0.15) is 0 Å². The highest BCUT2D eigenvalue weighted by Crippen LogP contribution is 2.54. The Morgan fingerprint density at radius 2 is 1.80 bits per heavy atom. The van der Waals surface area contributed by atoms with Crippen LogP contribution in [-0.4, -0.2) is 77.1 Å². The van der Waals surface area contributed by atoms with Crippen LogP contribution in [0.5, 0.6) is 0 Å². The summed E-state index contributed by atoms with van der Waals surface area (Å²) >= 11 is 0. The van der Waals surface area contributed by atoms with Gasteiger partial charge in [0.25, 0.3) is 5.91 Å². The summed E-state index contributed by atoms with van der Waals surface area (Å²) in [5.74, 6) is -3.46. The monoisotopic (exact) mass is 521 g/mol. The predicted octanol–water partition coefficient (Wildman–Crippen LogP) is 2.85. The molecule has 13 heteroatoms.